The molecule has 2 aromatic rings. The Kier molecular flexibility index (Phi) is 6.52. The maximum Gasteiger partial charge on any atom is 0.119 e. The fourth-order valence-electron chi connectivity index (χ4n) is 2.62. The van der Waals surface area contributed by atoms with Gasteiger partial charge in [0.2, 0.25) is 0 Å². The third-order valence-corrected chi connectivity index (χ3v) is 4.07. The lowest BCUT2D eigenvalue weighted by molar-refractivity contribution is 0.289. The van der Waals surface area contributed by atoms with Crippen LogP contribution in [0.2, 0.25) is 0 Å². The van der Waals surface area contributed by atoms with Crippen molar-refractivity contribution in [3.63, 3.8) is 0 Å². The van der Waals surface area contributed by atoms with E-state index >= 15 is 0 Å². The van der Waals surface area contributed by atoms with Crippen LogP contribution in [0.25, 0.3) is 0 Å². The first-order valence-corrected chi connectivity index (χ1v) is 8.64. The summed E-state index contributed by atoms with van der Waals surface area (Å²) in [6.07, 6.45) is 2.13. The van der Waals surface area contributed by atoms with E-state index in [1.54, 1.807) is 0 Å². The molecule has 0 heterocycles. The number of para-hydroxylation sites is 1. The van der Waals surface area contributed by atoms with Crippen molar-refractivity contribution in [3.05, 3.63) is 59.2 Å². The van der Waals surface area contributed by atoms with E-state index in [0.717, 1.165) is 31.7 Å². The maximum atomic E-state index is 5.85. The number of anilines is 1. The van der Waals surface area contributed by atoms with Crippen molar-refractivity contribution in [2.45, 2.75) is 47.1 Å². The first-order chi connectivity index (χ1) is 11.1. The Balaban J connectivity index is 1.98. The van der Waals surface area contributed by atoms with Crippen molar-refractivity contribution < 1.29 is 4.74 Å². The predicted octanol–water partition coefficient (Wildman–Crippen LogP) is 5.59. The molecule has 0 saturated heterocycles. The monoisotopic (exact) mass is 311 g/mol. The molecule has 2 nitrogen and oxygen atoms in total. The van der Waals surface area contributed by atoms with Gasteiger partial charge in [0, 0.05) is 12.2 Å². The minimum Gasteiger partial charge on any atom is -0.494 e. The van der Waals surface area contributed by atoms with Crippen molar-refractivity contribution >= 4 is 5.69 Å². The first kappa shape index (κ1) is 17.4. The molecule has 0 fully saturated rings. The van der Waals surface area contributed by atoms with Crippen molar-refractivity contribution in [1.82, 2.24) is 0 Å². The zero-order chi connectivity index (χ0) is 16.7. The molecule has 2 aromatic carbocycles. The SMILES string of the molecule is CCc1cccc(C)c1NCc1cccc(OCCC(C)C)c1. The molecule has 0 radical (unpaired) electrons. The summed E-state index contributed by atoms with van der Waals surface area (Å²) in [7, 11) is 0. The maximum absolute atomic E-state index is 5.85. The lowest BCUT2D eigenvalue weighted by Gasteiger charge is -2.15. The average Bonchev–Trinajstić information content (AvgIpc) is 2.53. The Bertz CT molecular complexity index is 619. The molecule has 0 aliphatic heterocycles. The van der Waals surface area contributed by atoms with Crippen LogP contribution in [0.1, 0.15) is 43.9 Å². The Morgan fingerprint density at radius 1 is 1.09 bits per heavy atom. The van der Waals surface area contributed by atoms with Gasteiger partial charge in [0.15, 0.2) is 0 Å². The molecule has 0 atom stereocenters. The summed E-state index contributed by atoms with van der Waals surface area (Å²) in [4.78, 5) is 0. The smallest absolute Gasteiger partial charge is 0.119 e. The second kappa shape index (κ2) is 8.61. The summed E-state index contributed by atoms with van der Waals surface area (Å²) in [6.45, 7) is 10.4. The van der Waals surface area contributed by atoms with Gasteiger partial charge in [0.1, 0.15) is 5.75 Å². The third-order valence-electron chi connectivity index (χ3n) is 4.07. The summed E-state index contributed by atoms with van der Waals surface area (Å²) >= 11 is 0. The van der Waals surface area contributed by atoms with E-state index in [9.17, 15) is 0 Å². The fourth-order valence-corrected chi connectivity index (χ4v) is 2.62. The van der Waals surface area contributed by atoms with Crippen LogP contribution >= 0.6 is 0 Å². The molecule has 2 rings (SSSR count). The highest BCUT2D eigenvalue weighted by Gasteiger charge is 2.04. The minimum absolute atomic E-state index is 0.674. The number of ether oxygens (including phenoxy) is 1. The van der Waals surface area contributed by atoms with Gasteiger partial charge in [-0.25, -0.2) is 0 Å². The molecule has 0 aliphatic rings. The molecule has 0 aromatic heterocycles. The van der Waals surface area contributed by atoms with Gasteiger partial charge in [-0.05, 0) is 54.5 Å². The number of hydrogen-bond acceptors (Lipinski definition) is 2. The van der Waals surface area contributed by atoms with Gasteiger partial charge >= 0.3 is 0 Å². The van der Waals surface area contributed by atoms with Crippen molar-refractivity contribution in [3.8, 4) is 5.75 Å². The van der Waals surface area contributed by atoms with Gasteiger partial charge in [-0.15, -0.1) is 0 Å². The zero-order valence-electron chi connectivity index (χ0n) is 14.9. The second-order valence-corrected chi connectivity index (χ2v) is 6.49. The molecular weight excluding hydrogens is 282 g/mol. The van der Waals surface area contributed by atoms with E-state index in [1.165, 1.54) is 22.4 Å². The molecule has 0 amide bonds. The lowest BCUT2D eigenvalue weighted by atomic mass is 10.1. The number of nitrogens with one attached hydrogen (secondary N) is 1. The third kappa shape index (κ3) is 5.31. The standard InChI is InChI=1S/C21H29NO/c1-5-19-10-6-8-17(4)21(19)22-15-18-9-7-11-20(14-18)23-13-12-16(2)3/h6-11,14,16,22H,5,12-13,15H2,1-4H3. The first-order valence-electron chi connectivity index (χ1n) is 8.64. The highest BCUT2D eigenvalue weighted by Crippen LogP contribution is 2.22. The molecule has 0 unspecified atom stereocenters. The van der Waals surface area contributed by atoms with E-state index in [0.29, 0.717) is 5.92 Å². The Morgan fingerprint density at radius 3 is 2.61 bits per heavy atom. The summed E-state index contributed by atoms with van der Waals surface area (Å²) in [5, 5.41) is 3.59. The Hall–Kier alpha value is -1.96. The van der Waals surface area contributed by atoms with Gasteiger partial charge in [0.25, 0.3) is 0 Å². The topological polar surface area (TPSA) is 21.3 Å². The number of rotatable bonds is 8. The van der Waals surface area contributed by atoms with Crippen molar-refractivity contribution in [2.24, 2.45) is 5.92 Å². The lowest BCUT2D eigenvalue weighted by Crippen LogP contribution is -2.05. The molecular formula is C21H29NO. The predicted molar refractivity (Wildman–Crippen MR) is 99.3 cm³/mol. The Labute approximate surface area is 140 Å². The zero-order valence-corrected chi connectivity index (χ0v) is 14.9. The van der Waals surface area contributed by atoms with Crippen LogP contribution in [-0.2, 0) is 13.0 Å². The van der Waals surface area contributed by atoms with Gasteiger partial charge in [-0.1, -0.05) is 51.1 Å². The normalized spacial score (nSPS) is 10.8. The number of benzene rings is 2. The molecule has 1 N–H and O–H groups in total. The summed E-state index contributed by atoms with van der Waals surface area (Å²) in [5.41, 5.74) is 5.18. The van der Waals surface area contributed by atoms with Crippen LogP contribution in [0, 0.1) is 12.8 Å². The summed E-state index contributed by atoms with van der Waals surface area (Å²) < 4.78 is 5.85. The van der Waals surface area contributed by atoms with Crippen LogP contribution in [0.15, 0.2) is 42.5 Å². The van der Waals surface area contributed by atoms with Gasteiger partial charge in [-0.2, -0.15) is 0 Å². The van der Waals surface area contributed by atoms with E-state index in [4.69, 9.17) is 4.74 Å². The van der Waals surface area contributed by atoms with Gasteiger partial charge in [-0.3, -0.25) is 0 Å². The van der Waals surface area contributed by atoms with E-state index in [1.807, 2.05) is 6.07 Å². The summed E-state index contributed by atoms with van der Waals surface area (Å²) in [5.74, 6) is 1.64. The molecule has 0 saturated carbocycles. The number of aryl methyl sites for hydroxylation is 2. The van der Waals surface area contributed by atoms with Crippen molar-refractivity contribution in [2.75, 3.05) is 11.9 Å². The molecule has 0 spiro atoms. The van der Waals surface area contributed by atoms with Gasteiger partial charge < -0.3 is 10.1 Å². The van der Waals surface area contributed by atoms with Crippen LogP contribution in [-0.4, -0.2) is 6.61 Å². The highest BCUT2D eigenvalue weighted by molar-refractivity contribution is 5.57. The van der Waals surface area contributed by atoms with Crippen molar-refractivity contribution in [1.29, 1.82) is 0 Å². The summed E-state index contributed by atoms with van der Waals surface area (Å²) in [6, 6.07) is 14.9. The van der Waals surface area contributed by atoms with Crippen LogP contribution in [0.5, 0.6) is 5.75 Å². The second-order valence-electron chi connectivity index (χ2n) is 6.49. The average molecular weight is 311 g/mol. The largest absolute Gasteiger partial charge is 0.494 e. The molecule has 0 bridgehead atoms. The Morgan fingerprint density at radius 2 is 1.87 bits per heavy atom. The van der Waals surface area contributed by atoms with E-state index < -0.39 is 0 Å². The number of hydrogen-bond donors (Lipinski definition) is 1. The quantitative estimate of drug-likeness (QED) is 0.685. The van der Waals surface area contributed by atoms with E-state index in [-0.39, 0.29) is 0 Å². The molecule has 0 aliphatic carbocycles. The van der Waals surface area contributed by atoms with Crippen LogP contribution in [0.4, 0.5) is 5.69 Å². The molecule has 23 heavy (non-hydrogen) atoms. The van der Waals surface area contributed by atoms with Gasteiger partial charge in [0.05, 0.1) is 6.61 Å². The minimum atomic E-state index is 0.674. The highest BCUT2D eigenvalue weighted by atomic mass is 16.5. The van der Waals surface area contributed by atoms with E-state index in [2.05, 4.69) is 69.4 Å². The molecule has 2 heteroatoms. The molecule has 124 valence electrons. The van der Waals surface area contributed by atoms with Crippen LogP contribution < -0.4 is 10.1 Å². The fraction of sp³-hybridized carbons (Fsp3) is 0.429. The van der Waals surface area contributed by atoms with Crippen LogP contribution in [0.3, 0.4) is 0 Å².